The van der Waals surface area contributed by atoms with Gasteiger partial charge in [-0.15, -0.1) is 11.6 Å². The zero-order valence-electron chi connectivity index (χ0n) is 9.27. The van der Waals surface area contributed by atoms with E-state index in [1.54, 1.807) is 0 Å². The van der Waals surface area contributed by atoms with Crippen molar-refractivity contribution in [3.05, 3.63) is 0 Å². The van der Waals surface area contributed by atoms with Crippen molar-refractivity contribution in [1.82, 2.24) is 5.32 Å². The zero-order chi connectivity index (χ0) is 15.8. The van der Waals surface area contributed by atoms with Crippen LogP contribution < -0.4 is 5.32 Å². The van der Waals surface area contributed by atoms with Crippen LogP contribution in [0.15, 0.2) is 0 Å². The Hall–Kier alpha value is -1.23. The molecule has 0 aliphatic carbocycles. The first kappa shape index (κ1) is 16.8. The minimum absolute atomic E-state index is 0.592. The lowest BCUT2D eigenvalue weighted by Gasteiger charge is -2.30. The number of carbonyl (C=O) groups is 2. The first-order valence-electron chi connectivity index (χ1n) is 4.81. The van der Waals surface area contributed by atoms with Gasteiger partial charge in [0.05, 0.1) is 6.54 Å². The number of carbonyl (C=O) groups excluding carboxylic acids is 2. The highest BCUT2D eigenvalue weighted by atomic mass is 35.5. The van der Waals surface area contributed by atoms with E-state index >= 15 is 0 Å². The predicted octanol–water partition coefficient (Wildman–Crippen LogP) is 1.10. The van der Waals surface area contributed by atoms with Gasteiger partial charge in [-0.25, -0.2) is 4.79 Å². The van der Waals surface area contributed by atoms with Gasteiger partial charge in [0.1, 0.15) is 5.88 Å². The standard InChI is InChI=1S/C8H6ClF6NO4/c9-1-4(17)16-2-3-5(18)20-6(19-3,7(10,11)12)8(13,14)15/h3H,1-2H2,(H,16,17)/t3-/m0/s1. The van der Waals surface area contributed by atoms with Crippen LogP contribution in [0.3, 0.4) is 0 Å². The number of cyclic esters (lactones) is 1. The fraction of sp³-hybridized carbons (Fsp3) is 0.750. The first-order chi connectivity index (χ1) is 8.94. The van der Waals surface area contributed by atoms with Gasteiger partial charge in [0.15, 0.2) is 6.10 Å². The Morgan fingerprint density at radius 3 is 2.10 bits per heavy atom. The van der Waals surface area contributed by atoms with Crippen LogP contribution in [0, 0.1) is 0 Å². The maximum absolute atomic E-state index is 12.5. The quantitative estimate of drug-likeness (QED) is 0.478. The van der Waals surface area contributed by atoms with E-state index in [0.29, 0.717) is 0 Å². The van der Waals surface area contributed by atoms with Crippen molar-refractivity contribution in [1.29, 1.82) is 0 Å². The summed E-state index contributed by atoms with van der Waals surface area (Å²) in [6.07, 6.45) is -14.3. The number of hydrogen-bond donors (Lipinski definition) is 1. The van der Waals surface area contributed by atoms with E-state index in [9.17, 15) is 35.9 Å². The Morgan fingerprint density at radius 1 is 1.25 bits per heavy atom. The maximum Gasteiger partial charge on any atom is 0.465 e. The average molecular weight is 330 g/mol. The summed E-state index contributed by atoms with van der Waals surface area (Å²) in [6, 6.07) is 0. The molecule has 20 heavy (non-hydrogen) atoms. The molecule has 1 saturated heterocycles. The molecule has 1 heterocycles. The molecular weight excluding hydrogens is 324 g/mol. The first-order valence-corrected chi connectivity index (χ1v) is 5.35. The second kappa shape index (κ2) is 5.28. The van der Waals surface area contributed by atoms with E-state index < -0.39 is 48.5 Å². The van der Waals surface area contributed by atoms with Crippen LogP contribution in [0.5, 0.6) is 0 Å². The summed E-state index contributed by atoms with van der Waals surface area (Å²) >= 11 is 5.05. The molecule has 1 fully saturated rings. The van der Waals surface area contributed by atoms with Gasteiger partial charge in [-0.05, 0) is 0 Å². The van der Waals surface area contributed by atoms with Crippen LogP contribution in [-0.4, -0.2) is 48.5 Å². The van der Waals surface area contributed by atoms with Gasteiger partial charge in [0, 0.05) is 0 Å². The van der Waals surface area contributed by atoms with Crippen LogP contribution in [0.1, 0.15) is 0 Å². The number of ether oxygens (including phenoxy) is 2. The fourth-order valence-corrected chi connectivity index (χ4v) is 1.36. The zero-order valence-corrected chi connectivity index (χ0v) is 10.0. The van der Waals surface area contributed by atoms with Crippen LogP contribution in [0.25, 0.3) is 0 Å². The number of alkyl halides is 7. The predicted molar refractivity (Wildman–Crippen MR) is 49.5 cm³/mol. The fourth-order valence-electron chi connectivity index (χ4n) is 1.27. The van der Waals surface area contributed by atoms with Gasteiger partial charge in [0.2, 0.25) is 5.91 Å². The van der Waals surface area contributed by atoms with Gasteiger partial charge < -0.3 is 14.8 Å². The molecule has 116 valence electrons. The third-order valence-corrected chi connectivity index (χ3v) is 2.41. The summed E-state index contributed by atoms with van der Waals surface area (Å²) in [5, 5.41) is 1.81. The highest BCUT2D eigenvalue weighted by Crippen LogP contribution is 2.50. The van der Waals surface area contributed by atoms with Crippen LogP contribution in [-0.2, 0) is 19.1 Å². The summed E-state index contributed by atoms with van der Waals surface area (Å²) in [7, 11) is 0. The Kier molecular flexibility index (Phi) is 4.44. The molecule has 0 bridgehead atoms. The minimum Gasteiger partial charge on any atom is -0.414 e. The molecule has 1 aliphatic rings. The number of amides is 1. The van der Waals surface area contributed by atoms with Crippen molar-refractivity contribution in [2.75, 3.05) is 12.4 Å². The Morgan fingerprint density at radius 2 is 1.75 bits per heavy atom. The Labute approximate surface area is 112 Å². The molecule has 0 saturated carbocycles. The SMILES string of the molecule is O=C(CCl)NC[C@@H]1OC(C(F)(F)F)(C(F)(F)F)OC1=O. The molecule has 0 aromatic heterocycles. The third kappa shape index (κ3) is 2.92. The second-order valence-electron chi connectivity index (χ2n) is 3.58. The molecule has 5 nitrogen and oxygen atoms in total. The second-order valence-corrected chi connectivity index (χ2v) is 3.84. The summed E-state index contributed by atoms with van der Waals surface area (Å²) in [4.78, 5) is 21.8. The highest BCUT2D eigenvalue weighted by Gasteiger charge is 2.80. The molecular formula is C8H6ClF6NO4. The minimum atomic E-state index is -6.02. The maximum atomic E-state index is 12.5. The molecule has 0 unspecified atom stereocenters. The number of hydrogen-bond acceptors (Lipinski definition) is 4. The lowest BCUT2D eigenvalue weighted by atomic mass is 10.2. The molecule has 1 atom stereocenters. The van der Waals surface area contributed by atoms with Gasteiger partial charge in [-0.2, -0.15) is 26.3 Å². The van der Waals surface area contributed by atoms with Crippen LogP contribution in [0.4, 0.5) is 26.3 Å². The molecule has 1 amide bonds. The van der Waals surface area contributed by atoms with E-state index in [4.69, 9.17) is 11.6 Å². The molecule has 0 aromatic rings. The van der Waals surface area contributed by atoms with Gasteiger partial charge >= 0.3 is 24.1 Å². The van der Waals surface area contributed by atoms with Crippen molar-refractivity contribution >= 4 is 23.5 Å². The lowest BCUT2D eigenvalue weighted by Crippen LogP contribution is -2.58. The van der Waals surface area contributed by atoms with E-state index in [2.05, 4.69) is 9.47 Å². The summed E-state index contributed by atoms with van der Waals surface area (Å²) in [5.74, 6) is -8.42. The van der Waals surface area contributed by atoms with Gasteiger partial charge in [0.25, 0.3) is 0 Å². The van der Waals surface area contributed by atoms with Crippen LogP contribution in [0.2, 0.25) is 0 Å². The summed E-state index contributed by atoms with van der Waals surface area (Å²) in [5.41, 5.74) is 0. The summed E-state index contributed by atoms with van der Waals surface area (Å²) < 4.78 is 82.0. The molecule has 12 heteroatoms. The monoisotopic (exact) mass is 329 g/mol. The topological polar surface area (TPSA) is 64.6 Å². The smallest absolute Gasteiger partial charge is 0.414 e. The summed E-state index contributed by atoms with van der Waals surface area (Å²) in [6.45, 7) is -0.932. The number of rotatable bonds is 3. The molecule has 1 N–H and O–H groups in total. The van der Waals surface area contributed by atoms with Crippen molar-refractivity contribution in [2.45, 2.75) is 24.2 Å². The normalized spacial score (nSPS) is 22.6. The largest absolute Gasteiger partial charge is 0.465 e. The van der Waals surface area contributed by atoms with E-state index in [-0.39, 0.29) is 0 Å². The number of esters is 1. The molecule has 0 radical (unpaired) electrons. The highest BCUT2D eigenvalue weighted by molar-refractivity contribution is 6.27. The Bertz CT molecular complexity index is 395. The van der Waals surface area contributed by atoms with Crippen molar-refractivity contribution in [3.8, 4) is 0 Å². The van der Waals surface area contributed by atoms with E-state index in [1.165, 1.54) is 0 Å². The number of halogens is 7. The van der Waals surface area contributed by atoms with Crippen molar-refractivity contribution in [2.24, 2.45) is 0 Å². The van der Waals surface area contributed by atoms with Gasteiger partial charge in [-0.1, -0.05) is 0 Å². The van der Waals surface area contributed by atoms with Crippen molar-refractivity contribution in [3.63, 3.8) is 0 Å². The van der Waals surface area contributed by atoms with Crippen molar-refractivity contribution < 1.29 is 45.4 Å². The average Bonchev–Trinajstić information content (AvgIpc) is 2.63. The van der Waals surface area contributed by atoms with Crippen LogP contribution >= 0.6 is 11.6 Å². The number of nitrogens with one attached hydrogen (secondary N) is 1. The molecule has 1 rings (SSSR count). The lowest BCUT2D eigenvalue weighted by molar-refractivity contribution is -0.439. The molecule has 0 spiro atoms. The van der Waals surface area contributed by atoms with Gasteiger partial charge in [-0.3, -0.25) is 4.79 Å². The third-order valence-electron chi connectivity index (χ3n) is 2.17. The van der Waals surface area contributed by atoms with E-state index in [0.717, 1.165) is 0 Å². The molecule has 1 aliphatic heterocycles. The van der Waals surface area contributed by atoms with E-state index in [1.807, 2.05) is 5.32 Å². The molecule has 0 aromatic carbocycles. The Balaban J connectivity index is 2.94.